The van der Waals surface area contributed by atoms with E-state index in [9.17, 15) is 16.8 Å². The average molecular weight is 425 g/mol. The largest absolute Gasteiger partial charge is 0.399 e. The minimum Gasteiger partial charge on any atom is -0.399 e. The van der Waals surface area contributed by atoms with Crippen molar-refractivity contribution in [1.82, 2.24) is 0 Å². The number of benzene rings is 3. The van der Waals surface area contributed by atoms with Crippen LogP contribution in [0.3, 0.4) is 0 Å². The van der Waals surface area contributed by atoms with Gasteiger partial charge in [0.15, 0.2) is 0 Å². The van der Waals surface area contributed by atoms with Crippen LogP contribution in [0.5, 0.6) is 0 Å². The fourth-order valence-corrected chi connectivity index (χ4v) is 3.56. The quantitative estimate of drug-likeness (QED) is 0.361. The third-order valence-corrected chi connectivity index (χ3v) is 4.96. The van der Waals surface area contributed by atoms with Crippen LogP contribution in [0.1, 0.15) is 0 Å². The Morgan fingerprint density at radius 3 is 0.929 bits per heavy atom. The minimum absolute atomic E-state index is 0.822. The van der Waals surface area contributed by atoms with Crippen LogP contribution in [-0.2, 0) is 20.2 Å². The Morgan fingerprint density at radius 2 is 0.750 bits per heavy atom. The van der Waals surface area contributed by atoms with Crippen molar-refractivity contribution >= 4 is 31.6 Å². The number of nitrogen functional groups attached to an aromatic ring is 2. The lowest BCUT2D eigenvalue weighted by atomic mass is 10.3. The molecule has 6 N–H and O–H groups in total. The van der Waals surface area contributed by atoms with Crippen molar-refractivity contribution in [3.8, 4) is 0 Å². The SMILES string of the molecule is Nc1ccccc1.Nc1ccccc1.O=S(=O)(O)c1ccccc1S(=O)(=O)O. The summed E-state index contributed by atoms with van der Waals surface area (Å²) >= 11 is 0. The van der Waals surface area contributed by atoms with E-state index in [-0.39, 0.29) is 0 Å². The summed E-state index contributed by atoms with van der Waals surface area (Å²) in [6.45, 7) is 0. The smallest absolute Gasteiger partial charge is 0.295 e. The Morgan fingerprint density at radius 1 is 0.500 bits per heavy atom. The van der Waals surface area contributed by atoms with Crippen molar-refractivity contribution in [2.24, 2.45) is 0 Å². The normalized spacial score (nSPS) is 10.6. The summed E-state index contributed by atoms with van der Waals surface area (Å²) in [5.41, 5.74) is 12.4. The van der Waals surface area contributed by atoms with E-state index in [0.29, 0.717) is 0 Å². The molecule has 0 atom stereocenters. The van der Waals surface area contributed by atoms with E-state index in [1.807, 2.05) is 60.7 Å². The topological polar surface area (TPSA) is 161 Å². The molecule has 3 aromatic carbocycles. The second-order valence-electron chi connectivity index (χ2n) is 5.22. The van der Waals surface area contributed by atoms with Gasteiger partial charge in [-0.25, -0.2) is 0 Å². The summed E-state index contributed by atoms with van der Waals surface area (Å²) in [5.74, 6) is 0. The van der Waals surface area contributed by atoms with Crippen molar-refractivity contribution in [2.75, 3.05) is 11.5 Å². The molecule has 0 fully saturated rings. The van der Waals surface area contributed by atoms with Gasteiger partial charge in [-0.15, -0.1) is 0 Å². The summed E-state index contributed by atoms with van der Waals surface area (Å²) in [7, 11) is -9.31. The zero-order valence-electron chi connectivity index (χ0n) is 14.6. The molecule has 0 aliphatic rings. The van der Waals surface area contributed by atoms with Crippen molar-refractivity contribution < 1.29 is 25.9 Å². The highest BCUT2D eigenvalue weighted by molar-refractivity contribution is 7.89. The lowest BCUT2D eigenvalue weighted by molar-refractivity contribution is 0.466. The van der Waals surface area contributed by atoms with Gasteiger partial charge < -0.3 is 11.5 Å². The Kier molecular flexibility index (Phi) is 8.61. The molecule has 28 heavy (non-hydrogen) atoms. The molecule has 0 heterocycles. The van der Waals surface area contributed by atoms with Crippen molar-refractivity contribution in [2.45, 2.75) is 9.79 Å². The molecular weight excluding hydrogens is 404 g/mol. The van der Waals surface area contributed by atoms with Gasteiger partial charge in [-0.05, 0) is 36.4 Å². The van der Waals surface area contributed by atoms with Crippen LogP contribution < -0.4 is 11.5 Å². The molecule has 0 saturated heterocycles. The second kappa shape index (κ2) is 10.4. The van der Waals surface area contributed by atoms with Gasteiger partial charge in [0.1, 0.15) is 9.79 Å². The van der Waals surface area contributed by atoms with Crippen LogP contribution in [0.4, 0.5) is 11.4 Å². The van der Waals surface area contributed by atoms with E-state index in [0.717, 1.165) is 23.5 Å². The van der Waals surface area contributed by atoms with Gasteiger partial charge >= 0.3 is 0 Å². The first kappa shape index (κ1) is 23.1. The predicted molar refractivity (Wildman–Crippen MR) is 108 cm³/mol. The number of rotatable bonds is 2. The third kappa shape index (κ3) is 8.64. The van der Waals surface area contributed by atoms with E-state index in [1.165, 1.54) is 12.1 Å². The molecule has 0 unspecified atom stereocenters. The van der Waals surface area contributed by atoms with Crippen LogP contribution in [0.2, 0.25) is 0 Å². The fourth-order valence-electron chi connectivity index (χ4n) is 1.78. The van der Waals surface area contributed by atoms with Gasteiger partial charge in [-0.3, -0.25) is 9.11 Å². The highest BCUT2D eigenvalue weighted by Crippen LogP contribution is 2.19. The second-order valence-corrected chi connectivity index (χ2v) is 8.00. The Bertz CT molecular complexity index is 983. The highest BCUT2D eigenvalue weighted by Gasteiger charge is 2.22. The first-order valence-electron chi connectivity index (χ1n) is 7.67. The standard InChI is InChI=1S/2C6H7N.C6H6O6S2/c2*7-6-4-2-1-3-5-6;7-13(8,9)5-3-1-2-4-6(5)14(10,11)12/h2*1-5H,7H2;1-4H,(H,7,8,9)(H,10,11,12). The molecule has 8 nitrogen and oxygen atoms in total. The van der Waals surface area contributed by atoms with E-state index < -0.39 is 30.0 Å². The zero-order valence-corrected chi connectivity index (χ0v) is 16.2. The molecule has 10 heteroatoms. The molecule has 0 spiro atoms. The van der Waals surface area contributed by atoms with Gasteiger partial charge in [0.25, 0.3) is 20.2 Å². The molecule has 3 aromatic rings. The summed E-state index contributed by atoms with van der Waals surface area (Å²) in [6.07, 6.45) is 0. The molecule has 150 valence electrons. The highest BCUT2D eigenvalue weighted by atomic mass is 32.2. The van der Waals surface area contributed by atoms with Gasteiger partial charge in [0, 0.05) is 11.4 Å². The van der Waals surface area contributed by atoms with Crippen molar-refractivity contribution in [1.29, 1.82) is 0 Å². The minimum atomic E-state index is -4.66. The number of hydrogen-bond donors (Lipinski definition) is 4. The van der Waals surface area contributed by atoms with Crippen LogP contribution in [-0.4, -0.2) is 25.9 Å². The van der Waals surface area contributed by atoms with Crippen LogP contribution >= 0.6 is 0 Å². The maximum Gasteiger partial charge on any atom is 0.295 e. The zero-order chi connectivity index (χ0) is 21.2. The van der Waals surface area contributed by atoms with E-state index in [2.05, 4.69) is 0 Å². The van der Waals surface area contributed by atoms with Crippen molar-refractivity contribution in [3.63, 3.8) is 0 Å². The Hall–Kier alpha value is -2.92. The van der Waals surface area contributed by atoms with Crippen molar-refractivity contribution in [3.05, 3.63) is 84.9 Å². The van der Waals surface area contributed by atoms with Gasteiger partial charge in [0.2, 0.25) is 0 Å². The molecule has 3 rings (SSSR count). The van der Waals surface area contributed by atoms with Crippen LogP contribution in [0, 0.1) is 0 Å². The summed E-state index contributed by atoms with van der Waals surface area (Å²) in [6, 6.07) is 23.2. The first-order valence-corrected chi connectivity index (χ1v) is 10.5. The number of hydrogen-bond acceptors (Lipinski definition) is 6. The molecule has 0 bridgehead atoms. The molecule has 0 radical (unpaired) electrons. The number of anilines is 2. The number of nitrogens with two attached hydrogens (primary N) is 2. The van der Waals surface area contributed by atoms with Crippen LogP contribution in [0.15, 0.2) is 94.7 Å². The maximum atomic E-state index is 10.7. The number of para-hydroxylation sites is 2. The molecule has 0 aliphatic carbocycles. The summed E-state index contributed by atoms with van der Waals surface area (Å²) in [5, 5.41) is 0. The molecule has 0 aromatic heterocycles. The molecule has 0 aliphatic heterocycles. The molecular formula is C18H20N2O6S2. The van der Waals surface area contributed by atoms with Crippen LogP contribution in [0.25, 0.3) is 0 Å². The van der Waals surface area contributed by atoms with E-state index >= 15 is 0 Å². The lowest BCUT2D eigenvalue weighted by Crippen LogP contribution is -2.07. The van der Waals surface area contributed by atoms with E-state index in [1.54, 1.807) is 0 Å². The maximum absolute atomic E-state index is 10.7. The summed E-state index contributed by atoms with van der Waals surface area (Å²) in [4.78, 5) is -1.69. The summed E-state index contributed by atoms with van der Waals surface area (Å²) < 4.78 is 60.0. The average Bonchev–Trinajstić information content (AvgIpc) is 2.63. The van der Waals surface area contributed by atoms with Gasteiger partial charge in [-0.2, -0.15) is 16.8 Å². The van der Waals surface area contributed by atoms with Gasteiger partial charge in [-0.1, -0.05) is 48.5 Å². The molecule has 0 amide bonds. The third-order valence-electron chi connectivity index (χ3n) is 3.00. The monoisotopic (exact) mass is 424 g/mol. The van der Waals surface area contributed by atoms with E-state index in [4.69, 9.17) is 20.6 Å². The first-order chi connectivity index (χ1) is 13.0. The Balaban J connectivity index is 0.000000233. The Labute approximate surface area is 163 Å². The lowest BCUT2D eigenvalue weighted by Gasteiger charge is -2.02. The van der Waals surface area contributed by atoms with Gasteiger partial charge in [0.05, 0.1) is 0 Å². The fraction of sp³-hybridized carbons (Fsp3) is 0. The molecule has 0 saturated carbocycles. The predicted octanol–water partition coefficient (Wildman–Crippen LogP) is 2.72.